The number of carbonyl (C=O) groups is 3. The first-order valence-corrected chi connectivity index (χ1v) is 6.40. The Kier molecular flexibility index (Phi) is 2.89. The lowest BCUT2D eigenvalue weighted by atomic mass is 10.1. The van der Waals surface area contributed by atoms with Crippen LogP contribution in [0.4, 0.5) is 0 Å². The summed E-state index contributed by atoms with van der Waals surface area (Å²) < 4.78 is 5.07. The van der Waals surface area contributed by atoms with Gasteiger partial charge in [0.2, 0.25) is 0 Å². The normalized spacial score (nSPS) is 24.1. The van der Waals surface area contributed by atoms with Crippen molar-refractivity contribution in [2.45, 2.75) is 25.5 Å². The van der Waals surface area contributed by atoms with Crippen molar-refractivity contribution in [3.05, 3.63) is 47.5 Å². The zero-order chi connectivity index (χ0) is 14.3. The average molecular weight is 271 g/mol. The minimum Gasteiger partial charge on any atom is -0.458 e. The summed E-state index contributed by atoms with van der Waals surface area (Å²) in [7, 11) is 0. The third kappa shape index (κ3) is 1.91. The van der Waals surface area contributed by atoms with Gasteiger partial charge in [-0.15, -0.1) is 0 Å². The van der Waals surface area contributed by atoms with Gasteiger partial charge in [0, 0.05) is 13.3 Å². The molecule has 1 aromatic carbocycles. The molecular weight excluding hydrogens is 258 g/mol. The van der Waals surface area contributed by atoms with Gasteiger partial charge in [-0.1, -0.05) is 18.2 Å². The maximum Gasteiger partial charge on any atom is 0.303 e. The highest BCUT2D eigenvalue weighted by atomic mass is 16.5. The fraction of sp³-hybridized carbons (Fsp3) is 0.267. The molecule has 0 spiro atoms. The van der Waals surface area contributed by atoms with Crippen LogP contribution in [0.3, 0.4) is 0 Å². The Morgan fingerprint density at radius 1 is 1.15 bits per heavy atom. The van der Waals surface area contributed by atoms with Gasteiger partial charge in [0.1, 0.15) is 6.10 Å². The van der Waals surface area contributed by atoms with Crippen molar-refractivity contribution in [3.63, 3.8) is 0 Å². The minimum atomic E-state index is -0.373. The van der Waals surface area contributed by atoms with Crippen LogP contribution in [0.1, 0.15) is 34.1 Å². The molecule has 1 aliphatic heterocycles. The lowest BCUT2D eigenvalue weighted by Gasteiger charge is -2.21. The molecule has 0 N–H and O–H groups in total. The van der Waals surface area contributed by atoms with Crippen LogP contribution in [0.5, 0.6) is 0 Å². The molecule has 5 nitrogen and oxygen atoms in total. The molecule has 0 bridgehead atoms. The van der Waals surface area contributed by atoms with Crippen LogP contribution in [-0.4, -0.2) is 34.8 Å². The summed E-state index contributed by atoms with van der Waals surface area (Å²) in [6, 6.07) is 6.42. The second-order valence-electron chi connectivity index (χ2n) is 4.86. The van der Waals surface area contributed by atoms with Crippen molar-refractivity contribution in [1.82, 2.24) is 4.90 Å². The monoisotopic (exact) mass is 271 g/mol. The highest BCUT2D eigenvalue weighted by Gasteiger charge is 2.41. The van der Waals surface area contributed by atoms with Crippen molar-refractivity contribution in [2.24, 2.45) is 0 Å². The Morgan fingerprint density at radius 3 is 2.30 bits per heavy atom. The number of hydrogen-bond acceptors (Lipinski definition) is 4. The molecule has 20 heavy (non-hydrogen) atoms. The number of benzene rings is 1. The van der Waals surface area contributed by atoms with Crippen molar-refractivity contribution in [2.75, 3.05) is 0 Å². The number of ether oxygens (including phenoxy) is 1. The maximum absolute atomic E-state index is 12.3. The standard InChI is InChI=1S/C15H13NO4/c1-9(17)20-11-7-6-10(8-11)16-14(18)12-4-2-3-5-13(12)15(16)19/h2-7,10-11H,8H2,1H3/t10-,11-/m0/s1. The second-order valence-corrected chi connectivity index (χ2v) is 4.86. The van der Waals surface area contributed by atoms with Crippen molar-refractivity contribution >= 4 is 17.8 Å². The molecule has 0 saturated carbocycles. The van der Waals surface area contributed by atoms with E-state index in [9.17, 15) is 14.4 Å². The van der Waals surface area contributed by atoms with Crippen LogP contribution in [-0.2, 0) is 9.53 Å². The first-order valence-electron chi connectivity index (χ1n) is 6.40. The smallest absolute Gasteiger partial charge is 0.303 e. The first kappa shape index (κ1) is 12.6. The Hall–Kier alpha value is -2.43. The van der Waals surface area contributed by atoms with Gasteiger partial charge >= 0.3 is 5.97 Å². The highest BCUT2D eigenvalue weighted by molar-refractivity contribution is 6.21. The molecular formula is C15H13NO4. The number of fused-ring (bicyclic) bond motifs is 1. The van der Waals surface area contributed by atoms with E-state index in [2.05, 4.69) is 0 Å². The van der Waals surface area contributed by atoms with Crippen LogP contribution in [0, 0.1) is 0 Å². The van der Waals surface area contributed by atoms with Crippen molar-refractivity contribution in [3.8, 4) is 0 Å². The predicted octanol–water partition coefficient (Wildman–Crippen LogP) is 1.54. The number of imide groups is 1. The molecule has 0 saturated heterocycles. The second kappa shape index (κ2) is 4.59. The first-order chi connectivity index (χ1) is 9.58. The molecule has 2 amide bonds. The maximum atomic E-state index is 12.3. The number of carbonyl (C=O) groups excluding carboxylic acids is 3. The summed E-state index contributed by atoms with van der Waals surface area (Å²) in [5.74, 6) is -0.949. The van der Waals surface area contributed by atoms with E-state index in [-0.39, 0.29) is 29.9 Å². The summed E-state index contributed by atoms with van der Waals surface area (Å²) in [5.41, 5.74) is 0.865. The molecule has 3 rings (SSSR count). The van der Waals surface area contributed by atoms with Gasteiger partial charge in [-0.2, -0.15) is 0 Å². The summed E-state index contributed by atoms with van der Waals surface area (Å²) in [4.78, 5) is 36.7. The fourth-order valence-corrected chi connectivity index (χ4v) is 2.65. The third-order valence-corrected chi connectivity index (χ3v) is 3.50. The van der Waals surface area contributed by atoms with E-state index in [0.29, 0.717) is 17.5 Å². The van der Waals surface area contributed by atoms with Gasteiger partial charge in [-0.25, -0.2) is 0 Å². The largest absolute Gasteiger partial charge is 0.458 e. The third-order valence-electron chi connectivity index (χ3n) is 3.50. The van der Waals surface area contributed by atoms with Crippen LogP contribution < -0.4 is 0 Å². The SMILES string of the molecule is CC(=O)O[C@H]1C=C[C@H](N2C(=O)c3ccccc3C2=O)C1. The number of amides is 2. The average Bonchev–Trinajstić information content (AvgIpc) is 2.94. The van der Waals surface area contributed by atoms with Gasteiger partial charge in [-0.3, -0.25) is 19.3 Å². The van der Waals surface area contributed by atoms with Gasteiger partial charge in [0.15, 0.2) is 0 Å². The lowest BCUT2D eigenvalue weighted by molar-refractivity contribution is -0.144. The molecule has 0 radical (unpaired) electrons. The lowest BCUT2D eigenvalue weighted by Crippen LogP contribution is -2.38. The van der Waals surface area contributed by atoms with Crippen molar-refractivity contribution < 1.29 is 19.1 Å². The minimum absolute atomic E-state index is 0.288. The van der Waals surface area contributed by atoms with Gasteiger partial charge in [0.25, 0.3) is 11.8 Å². The summed E-state index contributed by atoms with van der Waals surface area (Å²) in [6.07, 6.45) is 3.51. The Labute approximate surface area is 115 Å². The van der Waals surface area contributed by atoms with Crippen LogP contribution >= 0.6 is 0 Å². The van der Waals surface area contributed by atoms with Crippen molar-refractivity contribution in [1.29, 1.82) is 0 Å². The van der Waals surface area contributed by atoms with Gasteiger partial charge in [-0.05, 0) is 18.2 Å². The molecule has 1 aliphatic carbocycles. The Morgan fingerprint density at radius 2 is 1.75 bits per heavy atom. The highest BCUT2D eigenvalue weighted by Crippen LogP contribution is 2.29. The molecule has 2 atom stereocenters. The number of esters is 1. The van der Waals surface area contributed by atoms with E-state index in [1.807, 2.05) is 0 Å². The summed E-state index contributed by atoms with van der Waals surface area (Å²) in [5, 5.41) is 0. The molecule has 0 aromatic heterocycles. The molecule has 5 heteroatoms. The summed E-state index contributed by atoms with van der Waals surface area (Å²) >= 11 is 0. The van der Waals surface area contributed by atoms with Crippen LogP contribution in [0.25, 0.3) is 0 Å². The number of rotatable bonds is 2. The summed E-state index contributed by atoms with van der Waals surface area (Å²) in [6.45, 7) is 1.34. The van der Waals surface area contributed by atoms with E-state index in [0.717, 1.165) is 0 Å². The molecule has 0 unspecified atom stereocenters. The fourth-order valence-electron chi connectivity index (χ4n) is 2.65. The molecule has 1 aromatic rings. The van der Waals surface area contributed by atoms with E-state index < -0.39 is 0 Å². The molecule has 2 aliphatic rings. The van der Waals surface area contributed by atoms with Crippen LogP contribution in [0.15, 0.2) is 36.4 Å². The van der Waals surface area contributed by atoms with E-state index >= 15 is 0 Å². The van der Waals surface area contributed by atoms with E-state index in [1.54, 1.807) is 36.4 Å². The molecule has 0 fully saturated rings. The molecule has 1 heterocycles. The zero-order valence-corrected chi connectivity index (χ0v) is 10.9. The number of nitrogens with zero attached hydrogens (tertiary/aromatic N) is 1. The van der Waals surface area contributed by atoms with Crippen LogP contribution in [0.2, 0.25) is 0 Å². The van der Waals surface area contributed by atoms with Gasteiger partial charge < -0.3 is 4.74 Å². The zero-order valence-electron chi connectivity index (χ0n) is 10.9. The quantitative estimate of drug-likeness (QED) is 0.465. The van der Waals surface area contributed by atoms with E-state index in [4.69, 9.17) is 4.74 Å². The van der Waals surface area contributed by atoms with Gasteiger partial charge in [0.05, 0.1) is 17.2 Å². The topological polar surface area (TPSA) is 63.7 Å². The Bertz CT molecular complexity index is 600. The molecule has 102 valence electrons. The Balaban J connectivity index is 1.81. The number of hydrogen-bond donors (Lipinski definition) is 0. The van der Waals surface area contributed by atoms with E-state index in [1.165, 1.54) is 11.8 Å². The predicted molar refractivity (Wildman–Crippen MR) is 70.0 cm³/mol.